The molecule has 3 heteroatoms. The second-order valence-electron chi connectivity index (χ2n) is 5.33. The molecule has 0 fully saturated rings. The summed E-state index contributed by atoms with van der Waals surface area (Å²) in [5, 5.41) is 0. The summed E-state index contributed by atoms with van der Waals surface area (Å²) < 4.78 is 0. The lowest BCUT2D eigenvalue weighted by Crippen LogP contribution is -2.28. The van der Waals surface area contributed by atoms with Gasteiger partial charge in [0.1, 0.15) is 0 Å². The highest BCUT2D eigenvalue weighted by atomic mass is 16.2. The maximum absolute atomic E-state index is 12.4. The molecule has 0 unspecified atom stereocenters. The molecule has 2 aromatic carbocycles. The van der Waals surface area contributed by atoms with Crippen LogP contribution in [-0.4, -0.2) is 17.9 Å². The van der Waals surface area contributed by atoms with E-state index < -0.39 is 0 Å². The zero-order valence-corrected chi connectivity index (χ0v) is 12.7. The van der Waals surface area contributed by atoms with Crippen LogP contribution in [0.15, 0.2) is 48.5 Å². The summed E-state index contributed by atoms with van der Waals surface area (Å²) in [5.74, 6) is 0.121. The lowest BCUT2D eigenvalue weighted by molar-refractivity contribution is -0.129. The van der Waals surface area contributed by atoms with Crippen molar-refractivity contribution in [3.05, 3.63) is 70.8 Å². The van der Waals surface area contributed by atoms with Gasteiger partial charge in [-0.15, -0.1) is 0 Å². The summed E-state index contributed by atoms with van der Waals surface area (Å²) in [6.45, 7) is 3.13. The number of carbonyl (C=O) groups excluding carboxylic acids is 1. The Hall–Kier alpha value is -2.13. The molecule has 3 nitrogen and oxygen atoms in total. The number of amides is 1. The smallest absolute Gasteiger partial charge is 0.227 e. The largest absolute Gasteiger partial charge is 0.341 e. The van der Waals surface area contributed by atoms with Crippen LogP contribution >= 0.6 is 0 Å². The van der Waals surface area contributed by atoms with Crippen LogP contribution in [0.4, 0.5) is 0 Å². The third kappa shape index (κ3) is 3.92. The maximum atomic E-state index is 12.4. The molecule has 0 aliphatic rings. The molecular formula is C18H22N2O. The standard InChI is InChI=1S/C18H22N2O/c1-14-7-3-4-8-15(14)11-18(21)20(2)13-17-10-6-5-9-16(17)12-19/h3-10H,11-13,19H2,1-2H3. The van der Waals surface area contributed by atoms with Gasteiger partial charge in [0.05, 0.1) is 6.42 Å². The van der Waals surface area contributed by atoms with Crippen LogP contribution in [-0.2, 0) is 24.3 Å². The Bertz CT molecular complexity index is 622. The molecular weight excluding hydrogens is 260 g/mol. The number of hydrogen-bond donors (Lipinski definition) is 1. The summed E-state index contributed by atoms with van der Waals surface area (Å²) in [6.07, 6.45) is 0.438. The van der Waals surface area contributed by atoms with Crippen LogP contribution in [0, 0.1) is 6.92 Å². The number of aryl methyl sites for hydroxylation is 1. The predicted molar refractivity (Wildman–Crippen MR) is 85.7 cm³/mol. The average molecular weight is 282 g/mol. The summed E-state index contributed by atoms with van der Waals surface area (Å²) >= 11 is 0. The van der Waals surface area contributed by atoms with Gasteiger partial charge in [0, 0.05) is 20.1 Å². The number of rotatable bonds is 5. The second-order valence-corrected chi connectivity index (χ2v) is 5.33. The van der Waals surface area contributed by atoms with E-state index >= 15 is 0 Å². The minimum atomic E-state index is 0.121. The molecule has 0 heterocycles. The molecule has 2 aromatic rings. The van der Waals surface area contributed by atoms with Gasteiger partial charge in [-0.3, -0.25) is 4.79 Å². The Morgan fingerprint density at radius 3 is 2.19 bits per heavy atom. The van der Waals surface area contributed by atoms with Crippen LogP contribution < -0.4 is 5.73 Å². The van der Waals surface area contributed by atoms with Gasteiger partial charge in [0.25, 0.3) is 0 Å². The molecule has 110 valence electrons. The first-order valence-electron chi connectivity index (χ1n) is 7.17. The van der Waals surface area contributed by atoms with Crippen molar-refractivity contribution in [2.75, 3.05) is 7.05 Å². The van der Waals surface area contributed by atoms with E-state index in [0.29, 0.717) is 19.5 Å². The van der Waals surface area contributed by atoms with E-state index in [4.69, 9.17) is 5.73 Å². The number of nitrogens with zero attached hydrogens (tertiary/aromatic N) is 1. The number of carbonyl (C=O) groups is 1. The van der Waals surface area contributed by atoms with Crippen LogP contribution in [0.5, 0.6) is 0 Å². The van der Waals surface area contributed by atoms with Crippen molar-refractivity contribution >= 4 is 5.91 Å². The molecule has 21 heavy (non-hydrogen) atoms. The summed E-state index contributed by atoms with van der Waals surface area (Å²) in [7, 11) is 1.84. The average Bonchev–Trinajstić information content (AvgIpc) is 2.50. The van der Waals surface area contributed by atoms with Gasteiger partial charge in [0.2, 0.25) is 5.91 Å². The van der Waals surface area contributed by atoms with Crippen molar-refractivity contribution in [3.63, 3.8) is 0 Å². The van der Waals surface area contributed by atoms with E-state index in [9.17, 15) is 4.79 Å². The van der Waals surface area contributed by atoms with Gasteiger partial charge in [-0.2, -0.15) is 0 Å². The first kappa shape index (κ1) is 15.3. The van der Waals surface area contributed by atoms with Crippen molar-refractivity contribution in [3.8, 4) is 0 Å². The van der Waals surface area contributed by atoms with E-state index in [2.05, 4.69) is 0 Å². The van der Waals surface area contributed by atoms with Crippen LogP contribution in [0.3, 0.4) is 0 Å². The number of likely N-dealkylation sites (N-methyl/N-ethyl adjacent to an activating group) is 1. The van der Waals surface area contributed by atoms with E-state index in [0.717, 1.165) is 22.3 Å². The van der Waals surface area contributed by atoms with Gasteiger partial charge < -0.3 is 10.6 Å². The second kappa shape index (κ2) is 7.04. The zero-order chi connectivity index (χ0) is 15.2. The molecule has 0 aliphatic carbocycles. The number of nitrogens with two attached hydrogens (primary N) is 1. The molecule has 0 bridgehead atoms. The summed E-state index contributed by atoms with van der Waals surface area (Å²) in [4.78, 5) is 14.1. The lowest BCUT2D eigenvalue weighted by Gasteiger charge is -2.19. The van der Waals surface area contributed by atoms with E-state index in [1.807, 2.05) is 62.5 Å². The van der Waals surface area contributed by atoms with E-state index in [-0.39, 0.29) is 5.91 Å². The van der Waals surface area contributed by atoms with Crippen molar-refractivity contribution in [2.24, 2.45) is 5.73 Å². The molecule has 2 rings (SSSR count). The summed E-state index contributed by atoms with van der Waals surface area (Å²) in [5.41, 5.74) is 10.2. The highest BCUT2D eigenvalue weighted by Crippen LogP contribution is 2.13. The zero-order valence-electron chi connectivity index (χ0n) is 12.7. The lowest BCUT2D eigenvalue weighted by atomic mass is 10.0. The molecule has 0 saturated heterocycles. The molecule has 1 amide bonds. The molecule has 0 spiro atoms. The SMILES string of the molecule is Cc1ccccc1CC(=O)N(C)Cc1ccccc1CN. The van der Waals surface area contributed by atoms with E-state index in [1.165, 1.54) is 0 Å². The Morgan fingerprint density at radius 1 is 1.00 bits per heavy atom. The molecule has 2 N–H and O–H groups in total. The van der Waals surface area contributed by atoms with Crippen LogP contribution in [0.25, 0.3) is 0 Å². The highest BCUT2D eigenvalue weighted by Gasteiger charge is 2.12. The number of hydrogen-bond acceptors (Lipinski definition) is 2. The topological polar surface area (TPSA) is 46.3 Å². The number of benzene rings is 2. The summed E-state index contributed by atoms with van der Waals surface area (Å²) in [6, 6.07) is 16.0. The maximum Gasteiger partial charge on any atom is 0.227 e. The van der Waals surface area contributed by atoms with Crippen molar-refractivity contribution < 1.29 is 4.79 Å². The van der Waals surface area contributed by atoms with Gasteiger partial charge in [-0.25, -0.2) is 0 Å². The normalized spacial score (nSPS) is 10.4. The molecule has 0 saturated carbocycles. The van der Waals surface area contributed by atoms with Gasteiger partial charge in [-0.05, 0) is 29.2 Å². The molecule has 0 atom stereocenters. The first-order chi connectivity index (χ1) is 10.1. The first-order valence-corrected chi connectivity index (χ1v) is 7.17. The van der Waals surface area contributed by atoms with Crippen molar-refractivity contribution in [1.29, 1.82) is 0 Å². The quantitative estimate of drug-likeness (QED) is 0.916. The van der Waals surface area contributed by atoms with Gasteiger partial charge in [-0.1, -0.05) is 48.5 Å². The van der Waals surface area contributed by atoms with Gasteiger partial charge in [0.15, 0.2) is 0 Å². The minimum absolute atomic E-state index is 0.121. The molecule has 0 aromatic heterocycles. The Kier molecular flexibility index (Phi) is 5.12. The van der Waals surface area contributed by atoms with Crippen molar-refractivity contribution in [1.82, 2.24) is 4.90 Å². The Balaban J connectivity index is 2.05. The fourth-order valence-corrected chi connectivity index (χ4v) is 2.36. The third-order valence-electron chi connectivity index (χ3n) is 3.77. The molecule has 0 radical (unpaired) electrons. The van der Waals surface area contributed by atoms with Gasteiger partial charge >= 0.3 is 0 Å². The predicted octanol–water partition coefficient (Wildman–Crippen LogP) is 2.65. The highest BCUT2D eigenvalue weighted by molar-refractivity contribution is 5.78. The fourth-order valence-electron chi connectivity index (χ4n) is 2.36. The Labute approximate surface area is 126 Å². The van der Waals surface area contributed by atoms with Crippen LogP contribution in [0.2, 0.25) is 0 Å². The Morgan fingerprint density at radius 2 is 1.57 bits per heavy atom. The fraction of sp³-hybridized carbons (Fsp3) is 0.278. The molecule has 0 aliphatic heterocycles. The minimum Gasteiger partial charge on any atom is -0.341 e. The van der Waals surface area contributed by atoms with Crippen molar-refractivity contribution in [2.45, 2.75) is 26.4 Å². The monoisotopic (exact) mass is 282 g/mol. The third-order valence-corrected chi connectivity index (χ3v) is 3.77. The van der Waals surface area contributed by atoms with E-state index in [1.54, 1.807) is 4.90 Å². The van der Waals surface area contributed by atoms with Crippen LogP contribution in [0.1, 0.15) is 22.3 Å².